The number of phenols is 1. The topological polar surface area (TPSA) is 58.0 Å². The Labute approximate surface area is 117 Å². The lowest BCUT2D eigenvalue weighted by Crippen LogP contribution is -2.22. The molecule has 0 fully saturated rings. The van der Waals surface area contributed by atoms with Crippen LogP contribution in [0.15, 0.2) is 36.7 Å². The molecule has 100 valence electrons. The molecule has 0 saturated carbocycles. The Bertz CT molecular complexity index is 533. The number of hydrogen-bond donors (Lipinski definition) is 2. The lowest BCUT2D eigenvalue weighted by atomic mass is 10.1. The van der Waals surface area contributed by atoms with E-state index in [1.807, 2.05) is 6.07 Å². The highest BCUT2D eigenvalue weighted by Crippen LogP contribution is 2.22. The third-order valence-corrected chi connectivity index (χ3v) is 3.13. The van der Waals surface area contributed by atoms with Crippen LogP contribution in [0.25, 0.3) is 0 Å². The van der Waals surface area contributed by atoms with E-state index in [1.165, 1.54) is 0 Å². The van der Waals surface area contributed by atoms with E-state index >= 15 is 0 Å². The lowest BCUT2D eigenvalue weighted by Gasteiger charge is -2.15. The maximum atomic E-state index is 9.79. The highest BCUT2D eigenvalue weighted by atomic mass is 35.5. The van der Waals surface area contributed by atoms with Crippen LogP contribution in [0.3, 0.4) is 0 Å². The summed E-state index contributed by atoms with van der Waals surface area (Å²) in [5.41, 5.74) is 0.804. The van der Waals surface area contributed by atoms with Crippen LogP contribution in [0.5, 0.6) is 5.75 Å². The summed E-state index contributed by atoms with van der Waals surface area (Å²) in [4.78, 5) is 8.48. The van der Waals surface area contributed by atoms with Crippen molar-refractivity contribution in [1.82, 2.24) is 15.3 Å². The maximum Gasteiger partial charge on any atom is 0.145 e. The van der Waals surface area contributed by atoms with Gasteiger partial charge in [-0.15, -0.1) is 0 Å². The van der Waals surface area contributed by atoms with Gasteiger partial charge >= 0.3 is 0 Å². The molecule has 1 heterocycles. The Morgan fingerprint density at radius 2 is 2.05 bits per heavy atom. The summed E-state index contributed by atoms with van der Waals surface area (Å²) in [6.07, 6.45) is 4.33. The van der Waals surface area contributed by atoms with Gasteiger partial charge in [-0.1, -0.05) is 24.6 Å². The van der Waals surface area contributed by atoms with Crippen molar-refractivity contribution in [2.24, 2.45) is 0 Å². The molecular formula is C14H16ClN3O. The van der Waals surface area contributed by atoms with Gasteiger partial charge in [0.25, 0.3) is 0 Å². The first kappa shape index (κ1) is 13.8. The van der Waals surface area contributed by atoms with E-state index in [4.69, 9.17) is 11.6 Å². The normalized spacial score (nSPS) is 12.3. The van der Waals surface area contributed by atoms with E-state index in [2.05, 4.69) is 22.2 Å². The number of benzene rings is 1. The van der Waals surface area contributed by atoms with E-state index in [1.54, 1.807) is 30.6 Å². The summed E-state index contributed by atoms with van der Waals surface area (Å²) in [7, 11) is 0. The molecule has 19 heavy (non-hydrogen) atoms. The fraction of sp³-hybridized carbons (Fsp3) is 0.286. The van der Waals surface area contributed by atoms with Gasteiger partial charge in [0.05, 0.1) is 6.04 Å². The second kappa shape index (κ2) is 6.50. The fourth-order valence-corrected chi connectivity index (χ4v) is 1.99. The van der Waals surface area contributed by atoms with E-state index in [9.17, 15) is 5.11 Å². The highest BCUT2D eigenvalue weighted by molar-refractivity contribution is 6.30. The Hall–Kier alpha value is -1.65. The van der Waals surface area contributed by atoms with Crippen molar-refractivity contribution in [3.63, 3.8) is 0 Å². The predicted molar refractivity (Wildman–Crippen MR) is 75.0 cm³/mol. The first-order valence-electron chi connectivity index (χ1n) is 6.18. The quantitative estimate of drug-likeness (QED) is 0.882. The van der Waals surface area contributed by atoms with Gasteiger partial charge in [0.2, 0.25) is 0 Å². The Balaban J connectivity index is 2.04. The van der Waals surface area contributed by atoms with E-state index in [0.717, 1.165) is 17.8 Å². The minimum absolute atomic E-state index is 0.0660. The van der Waals surface area contributed by atoms with Crippen molar-refractivity contribution in [2.75, 3.05) is 0 Å². The second-order valence-corrected chi connectivity index (χ2v) is 4.66. The monoisotopic (exact) mass is 277 g/mol. The van der Waals surface area contributed by atoms with Gasteiger partial charge in [-0.25, -0.2) is 9.97 Å². The van der Waals surface area contributed by atoms with Crippen LogP contribution in [0.1, 0.15) is 30.8 Å². The first-order valence-corrected chi connectivity index (χ1v) is 6.56. The van der Waals surface area contributed by atoms with Gasteiger partial charge in [0, 0.05) is 29.5 Å². The predicted octanol–water partition coefficient (Wildman–Crippen LogP) is 3.08. The highest BCUT2D eigenvalue weighted by Gasteiger charge is 2.12. The average molecular weight is 278 g/mol. The summed E-state index contributed by atoms with van der Waals surface area (Å²) >= 11 is 5.80. The Kier molecular flexibility index (Phi) is 4.71. The fourth-order valence-electron chi connectivity index (χ4n) is 1.83. The number of rotatable bonds is 5. The van der Waals surface area contributed by atoms with Crippen LogP contribution in [-0.2, 0) is 6.54 Å². The molecule has 0 amide bonds. The molecule has 4 nitrogen and oxygen atoms in total. The van der Waals surface area contributed by atoms with Crippen molar-refractivity contribution >= 4 is 11.6 Å². The van der Waals surface area contributed by atoms with Crippen LogP contribution in [0, 0.1) is 0 Å². The number of nitrogens with one attached hydrogen (secondary N) is 1. The lowest BCUT2D eigenvalue weighted by molar-refractivity contribution is 0.450. The van der Waals surface area contributed by atoms with Gasteiger partial charge < -0.3 is 10.4 Å². The summed E-state index contributed by atoms with van der Waals surface area (Å²) < 4.78 is 0. The summed E-state index contributed by atoms with van der Waals surface area (Å²) in [6.45, 7) is 2.61. The number of phenolic OH excluding ortho intramolecular Hbond substituents is 1. The van der Waals surface area contributed by atoms with Gasteiger partial charge in [0.1, 0.15) is 11.6 Å². The molecule has 0 aliphatic rings. The average Bonchev–Trinajstić information content (AvgIpc) is 2.43. The van der Waals surface area contributed by atoms with Crippen molar-refractivity contribution < 1.29 is 5.11 Å². The van der Waals surface area contributed by atoms with Gasteiger partial charge in [-0.2, -0.15) is 0 Å². The maximum absolute atomic E-state index is 9.79. The van der Waals surface area contributed by atoms with Crippen molar-refractivity contribution in [3.05, 3.63) is 53.1 Å². The number of nitrogens with zero attached hydrogens (tertiary/aromatic N) is 2. The van der Waals surface area contributed by atoms with E-state index < -0.39 is 0 Å². The molecule has 0 bridgehead atoms. The van der Waals surface area contributed by atoms with Gasteiger partial charge in [-0.05, 0) is 24.6 Å². The molecule has 5 heteroatoms. The molecule has 1 aromatic heterocycles. The van der Waals surface area contributed by atoms with Crippen LogP contribution in [0.4, 0.5) is 0 Å². The minimum atomic E-state index is 0.0660. The third kappa shape index (κ3) is 3.66. The molecule has 0 aliphatic heterocycles. The zero-order valence-electron chi connectivity index (χ0n) is 10.7. The molecule has 0 spiro atoms. The van der Waals surface area contributed by atoms with Crippen molar-refractivity contribution in [2.45, 2.75) is 25.9 Å². The van der Waals surface area contributed by atoms with Crippen LogP contribution in [-0.4, -0.2) is 15.1 Å². The van der Waals surface area contributed by atoms with Crippen LogP contribution in [0.2, 0.25) is 5.02 Å². The van der Waals surface area contributed by atoms with Gasteiger partial charge in [-0.3, -0.25) is 0 Å². The van der Waals surface area contributed by atoms with Gasteiger partial charge in [0.15, 0.2) is 0 Å². The molecule has 0 radical (unpaired) electrons. The number of hydrogen-bond acceptors (Lipinski definition) is 4. The zero-order valence-corrected chi connectivity index (χ0v) is 11.4. The third-order valence-electron chi connectivity index (χ3n) is 2.89. The molecule has 2 rings (SSSR count). The molecular weight excluding hydrogens is 262 g/mol. The molecule has 0 saturated heterocycles. The second-order valence-electron chi connectivity index (χ2n) is 4.22. The summed E-state index contributed by atoms with van der Waals surface area (Å²) in [5.74, 6) is 0.960. The van der Waals surface area contributed by atoms with Crippen LogP contribution >= 0.6 is 11.6 Å². The first-order chi connectivity index (χ1) is 9.20. The number of aromatic nitrogens is 2. The molecule has 0 aliphatic carbocycles. The molecule has 2 N–H and O–H groups in total. The molecule has 1 aromatic carbocycles. The van der Waals surface area contributed by atoms with Crippen molar-refractivity contribution in [1.29, 1.82) is 0 Å². The standard InChI is InChI=1S/C14H16ClN3O/c1-2-12(14-16-6-3-7-17-14)18-9-10-4-5-11(15)8-13(10)19/h3-8,12,18-19H,2,9H2,1H3. The van der Waals surface area contributed by atoms with E-state index in [-0.39, 0.29) is 11.8 Å². The van der Waals surface area contributed by atoms with Crippen LogP contribution < -0.4 is 5.32 Å². The number of aromatic hydroxyl groups is 1. The number of halogens is 1. The molecule has 2 aromatic rings. The molecule has 1 atom stereocenters. The summed E-state index contributed by atoms with van der Waals surface area (Å²) in [6, 6.07) is 6.97. The van der Waals surface area contributed by atoms with E-state index in [0.29, 0.717) is 11.6 Å². The SMILES string of the molecule is CCC(NCc1ccc(Cl)cc1O)c1ncccn1. The smallest absolute Gasteiger partial charge is 0.145 e. The summed E-state index contributed by atoms with van der Waals surface area (Å²) in [5, 5.41) is 13.7. The van der Waals surface area contributed by atoms with Crippen molar-refractivity contribution in [3.8, 4) is 5.75 Å². The minimum Gasteiger partial charge on any atom is -0.508 e. The Morgan fingerprint density at radius 1 is 1.32 bits per heavy atom. The zero-order chi connectivity index (χ0) is 13.7. The largest absolute Gasteiger partial charge is 0.508 e. The Morgan fingerprint density at radius 3 is 2.68 bits per heavy atom. The molecule has 1 unspecified atom stereocenters.